The first-order chi connectivity index (χ1) is 9.83. The molecule has 0 bridgehead atoms. The van der Waals surface area contributed by atoms with Gasteiger partial charge in [0.05, 0.1) is 6.10 Å². The van der Waals surface area contributed by atoms with Crippen molar-refractivity contribution >= 4 is 5.82 Å². The van der Waals surface area contributed by atoms with Gasteiger partial charge >= 0.3 is 0 Å². The maximum absolute atomic E-state index is 5.74. The van der Waals surface area contributed by atoms with E-state index in [0.29, 0.717) is 12.1 Å². The SMILES string of the molecule is CN(c1ccccn1)C1CCN(CC2CCCO2)CC1. The molecule has 0 amide bonds. The standard InChI is InChI=1S/C16H25N3O/c1-18(16-6-2-3-9-17-16)14-7-10-19(11-8-14)13-15-5-4-12-20-15/h2-3,6,9,14-15H,4-5,7-8,10-13H2,1H3. The van der Waals surface area contributed by atoms with E-state index in [4.69, 9.17) is 4.74 Å². The van der Waals surface area contributed by atoms with Crippen molar-refractivity contribution in [3.63, 3.8) is 0 Å². The second kappa shape index (κ2) is 6.55. The summed E-state index contributed by atoms with van der Waals surface area (Å²) in [5.41, 5.74) is 0. The van der Waals surface area contributed by atoms with E-state index in [1.165, 1.54) is 38.8 Å². The second-order valence-electron chi connectivity index (χ2n) is 5.97. The summed E-state index contributed by atoms with van der Waals surface area (Å²) in [6, 6.07) is 6.75. The Morgan fingerprint density at radius 3 is 2.80 bits per heavy atom. The molecule has 1 atom stereocenters. The third-order valence-corrected chi connectivity index (χ3v) is 4.60. The zero-order valence-corrected chi connectivity index (χ0v) is 12.4. The molecule has 2 fully saturated rings. The minimum Gasteiger partial charge on any atom is -0.377 e. The van der Waals surface area contributed by atoms with Crippen molar-refractivity contribution in [1.29, 1.82) is 0 Å². The Morgan fingerprint density at radius 2 is 2.15 bits per heavy atom. The molecule has 20 heavy (non-hydrogen) atoms. The van der Waals surface area contributed by atoms with Gasteiger partial charge in [-0.15, -0.1) is 0 Å². The van der Waals surface area contributed by atoms with E-state index >= 15 is 0 Å². The van der Waals surface area contributed by atoms with Gasteiger partial charge in [0.1, 0.15) is 5.82 Å². The molecule has 2 aliphatic heterocycles. The number of nitrogens with zero attached hydrogens (tertiary/aromatic N) is 3. The van der Waals surface area contributed by atoms with Gasteiger partial charge < -0.3 is 14.5 Å². The first kappa shape index (κ1) is 13.8. The molecular formula is C16H25N3O. The van der Waals surface area contributed by atoms with Gasteiger partial charge in [0, 0.05) is 45.5 Å². The lowest BCUT2D eigenvalue weighted by molar-refractivity contribution is 0.0644. The first-order valence-electron chi connectivity index (χ1n) is 7.81. The van der Waals surface area contributed by atoms with E-state index in [-0.39, 0.29) is 0 Å². The van der Waals surface area contributed by atoms with Crippen molar-refractivity contribution in [2.24, 2.45) is 0 Å². The van der Waals surface area contributed by atoms with Gasteiger partial charge in [-0.1, -0.05) is 6.07 Å². The van der Waals surface area contributed by atoms with Gasteiger partial charge in [-0.3, -0.25) is 0 Å². The van der Waals surface area contributed by atoms with Crippen LogP contribution in [-0.4, -0.2) is 55.3 Å². The minimum atomic E-state index is 0.486. The van der Waals surface area contributed by atoms with Crippen LogP contribution in [0.1, 0.15) is 25.7 Å². The topological polar surface area (TPSA) is 28.6 Å². The van der Waals surface area contributed by atoms with Gasteiger partial charge in [-0.2, -0.15) is 0 Å². The van der Waals surface area contributed by atoms with Crippen LogP contribution in [0.4, 0.5) is 5.82 Å². The molecule has 0 spiro atoms. The van der Waals surface area contributed by atoms with E-state index in [0.717, 1.165) is 19.0 Å². The molecule has 2 saturated heterocycles. The van der Waals surface area contributed by atoms with Crippen molar-refractivity contribution in [3.8, 4) is 0 Å². The zero-order valence-electron chi connectivity index (χ0n) is 12.4. The number of likely N-dealkylation sites (tertiary alicyclic amines) is 1. The molecule has 4 heteroatoms. The average Bonchev–Trinajstić information content (AvgIpc) is 3.01. The number of anilines is 1. The van der Waals surface area contributed by atoms with Crippen molar-refractivity contribution in [2.45, 2.75) is 37.8 Å². The van der Waals surface area contributed by atoms with Crippen LogP contribution in [0.3, 0.4) is 0 Å². The molecule has 3 heterocycles. The van der Waals surface area contributed by atoms with E-state index in [1.54, 1.807) is 0 Å². The quantitative estimate of drug-likeness (QED) is 0.842. The highest BCUT2D eigenvalue weighted by atomic mass is 16.5. The first-order valence-corrected chi connectivity index (χ1v) is 7.81. The van der Waals surface area contributed by atoms with Crippen LogP contribution >= 0.6 is 0 Å². The summed E-state index contributed by atoms with van der Waals surface area (Å²) in [6.45, 7) is 4.45. The molecular weight excluding hydrogens is 250 g/mol. The molecule has 2 aliphatic rings. The van der Waals surface area contributed by atoms with Gasteiger partial charge in [0.15, 0.2) is 0 Å². The molecule has 0 radical (unpaired) electrons. The third-order valence-electron chi connectivity index (χ3n) is 4.60. The smallest absolute Gasteiger partial charge is 0.128 e. The molecule has 0 N–H and O–H groups in total. The number of aromatic nitrogens is 1. The lowest BCUT2D eigenvalue weighted by Crippen LogP contribution is -2.45. The third kappa shape index (κ3) is 3.30. The van der Waals surface area contributed by atoms with E-state index in [9.17, 15) is 0 Å². The maximum atomic E-state index is 5.74. The van der Waals surface area contributed by atoms with Gasteiger partial charge in [-0.05, 0) is 37.8 Å². The normalized spacial score (nSPS) is 24.9. The largest absolute Gasteiger partial charge is 0.377 e. The Labute approximate surface area is 121 Å². The summed E-state index contributed by atoms with van der Waals surface area (Å²) >= 11 is 0. The van der Waals surface area contributed by atoms with Crippen molar-refractivity contribution in [3.05, 3.63) is 24.4 Å². The van der Waals surface area contributed by atoms with Gasteiger partial charge in [0.2, 0.25) is 0 Å². The minimum absolute atomic E-state index is 0.486. The van der Waals surface area contributed by atoms with Gasteiger partial charge in [0.25, 0.3) is 0 Å². The fourth-order valence-electron chi connectivity index (χ4n) is 3.31. The molecule has 3 rings (SSSR count). The number of pyridine rings is 1. The highest BCUT2D eigenvalue weighted by Gasteiger charge is 2.26. The number of hydrogen-bond donors (Lipinski definition) is 0. The molecule has 1 unspecified atom stereocenters. The van der Waals surface area contributed by atoms with Crippen LogP contribution < -0.4 is 4.90 Å². The highest BCUT2D eigenvalue weighted by molar-refractivity contribution is 5.37. The van der Waals surface area contributed by atoms with Crippen molar-refractivity contribution in [2.75, 3.05) is 38.2 Å². The van der Waals surface area contributed by atoms with Crippen LogP contribution in [0.15, 0.2) is 24.4 Å². The van der Waals surface area contributed by atoms with E-state index < -0.39 is 0 Å². The number of rotatable bonds is 4. The number of piperidine rings is 1. The molecule has 1 aromatic rings. The van der Waals surface area contributed by atoms with Crippen molar-refractivity contribution in [1.82, 2.24) is 9.88 Å². The molecule has 4 nitrogen and oxygen atoms in total. The van der Waals surface area contributed by atoms with E-state index in [1.807, 2.05) is 12.3 Å². The molecule has 1 aromatic heterocycles. The molecule has 0 aromatic carbocycles. The lowest BCUT2D eigenvalue weighted by atomic mass is 10.0. The van der Waals surface area contributed by atoms with E-state index in [2.05, 4.69) is 34.0 Å². The second-order valence-corrected chi connectivity index (χ2v) is 5.97. The highest BCUT2D eigenvalue weighted by Crippen LogP contribution is 2.21. The Hall–Kier alpha value is -1.13. The fraction of sp³-hybridized carbons (Fsp3) is 0.688. The average molecular weight is 275 g/mol. The van der Waals surface area contributed by atoms with Crippen molar-refractivity contribution < 1.29 is 4.74 Å². The predicted octanol–water partition coefficient (Wildman–Crippen LogP) is 2.16. The summed E-state index contributed by atoms with van der Waals surface area (Å²) in [4.78, 5) is 9.35. The maximum Gasteiger partial charge on any atom is 0.128 e. The Morgan fingerprint density at radius 1 is 1.30 bits per heavy atom. The summed E-state index contributed by atoms with van der Waals surface area (Å²) in [5, 5.41) is 0. The molecule has 110 valence electrons. The van der Waals surface area contributed by atoms with Crippen LogP contribution in [0, 0.1) is 0 Å². The van der Waals surface area contributed by atoms with Crippen LogP contribution in [0.5, 0.6) is 0 Å². The van der Waals surface area contributed by atoms with Crippen LogP contribution in [0.2, 0.25) is 0 Å². The lowest BCUT2D eigenvalue weighted by Gasteiger charge is -2.38. The molecule has 0 saturated carbocycles. The Balaban J connectivity index is 1.48. The summed E-state index contributed by atoms with van der Waals surface area (Å²) in [7, 11) is 2.17. The fourth-order valence-corrected chi connectivity index (χ4v) is 3.31. The van der Waals surface area contributed by atoms with Crippen LogP contribution in [-0.2, 0) is 4.74 Å². The molecule has 0 aliphatic carbocycles. The van der Waals surface area contributed by atoms with Gasteiger partial charge in [-0.25, -0.2) is 4.98 Å². The predicted molar refractivity (Wildman–Crippen MR) is 81.1 cm³/mol. The number of hydrogen-bond acceptors (Lipinski definition) is 4. The summed E-state index contributed by atoms with van der Waals surface area (Å²) < 4.78 is 5.74. The Kier molecular flexibility index (Phi) is 4.53. The monoisotopic (exact) mass is 275 g/mol. The van der Waals surface area contributed by atoms with Crippen LogP contribution in [0.25, 0.3) is 0 Å². The number of ether oxygens (including phenoxy) is 1. The Bertz CT molecular complexity index is 397. The summed E-state index contributed by atoms with van der Waals surface area (Å²) in [5.74, 6) is 1.09. The summed E-state index contributed by atoms with van der Waals surface area (Å²) in [6.07, 6.45) is 7.29. The zero-order chi connectivity index (χ0) is 13.8.